The van der Waals surface area contributed by atoms with Crippen LogP contribution in [0, 0.1) is 0 Å². The highest BCUT2D eigenvalue weighted by Gasteiger charge is 2.13. The average Bonchev–Trinajstić information content (AvgIpc) is 2.27. The highest BCUT2D eigenvalue weighted by atomic mass is 16.7. The van der Waals surface area contributed by atoms with E-state index in [-0.39, 0.29) is 12.4 Å². The lowest BCUT2D eigenvalue weighted by Crippen LogP contribution is -2.28. The second kappa shape index (κ2) is 11.1. The minimum Gasteiger partial charge on any atom is -0.382 e. The van der Waals surface area contributed by atoms with Crippen molar-refractivity contribution in [1.29, 1.82) is 0 Å². The Hall–Kier alpha value is -0.420. The zero-order valence-corrected chi connectivity index (χ0v) is 10.6. The van der Waals surface area contributed by atoms with E-state index in [0.717, 1.165) is 6.42 Å². The molecule has 0 aromatic heterocycles. The highest BCUT2D eigenvalue weighted by molar-refractivity contribution is 4.73. The monoisotopic (exact) mass is 232 g/mol. The first-order chi connectivity index (χ1) is 7.78. The van der Waals surface area contributed by atoms with Gasteiger partial charge in [-0.2, -0.15) is 0 Å². The molecule has 0 rings (SSSR count). The lowest BCUT2D eigenvalue weighted by atomic mass is 10.2. The molecule has 0 heterocycles. The number of methoxy groups -OCH3 is 1. The Labute approximate surface area is 98.5 Å². The van der Waals surface area contributed by atoms with Crippen LogP contribution in [0.15, 0.2) is 12.7 Å². The maximum atomic E-state index is 5.64. The van der Waals surface area contributed by atoms with Crippen molar-refractivity contribution < 1.29 is 18.9 Å². The number of hydrogen-bond acceptors (Lipinski definition) is 4. The predicted molar refractivity (Wildman–Crippen MR) is 63.5 cm³/mol. The Bertz CT molecular complexity index is 155. The van der Waals surface area contributed by atoms with Crippen molar-refractivity contribution in [3.8, 4) is 0 Å². The molecular weight excluding hydrogens is 208 g/mol. The minimum atomic E-state index is -0.292. The van der Waals surface area contributed by atoms with Gasteiger partial charge in [-0.15, -0.1) is 6.58 Å². The third-order valence-electron chi connectivity index (χ3n) is 1.96. The third kappa shape index (κ3) is 7.82. The molecule has 0 aromatic carbocycles. The minimum absolute atomic E-state index is 0.0194. The molecule has 0 amide bonds. The van der Waals surface area contributed by atoms with Crippen LogP contribution in [0.3, 0.4) is 0 Å². The number of rotatable bonds is 11. The molecule has 0 aliphatic carbocycles. The molecule has 0 spiro atoms. The first kappa shape index (κ1) is 15.6. The molecule has 0 radical (unpaired) electrons. The Morgan fingerprint density at radius 1 is 1.06 bits per heavy atom. The molecule has 4 nitrogen and oxygen atoms in total. The molecule has 0 aromatic rings. The van der Waals surface area contributed by atoms with Crippen molar-refractivity contribution >= 4 is 0 Å². The summed E-state index contributed by atoms with van der Waals surface area (Å²) in [6.45, 7) is 9.75. The lowest BCUT2D eigenvalue weighted by Gasteiger charge is -2.21. The van der Waals surface area contributed by atoms with E-state index in [1.54, 1.807) is 7.11 Å². The Morgan fingerprint density at radius 3 is 2.12 bits per heavy atom. The second-order valence-electron chi connectivity index (χ2n) is 3.28. The van der Waals surface area contributed by atoms with Gasteiger partial charge < -0.3 is 18.9 Å². The van der Waals surface area contributed by atoms with E-state index in [1.807, 2.05) is 19.9 Å². The summed E-state index contributed by atoms with van der Waals surface area (Å²) < 4.78 is 21.4. The molecule has 0 aliphatic heterocycles. The fraction of sp³-hybridized carbons (Fsp3) is 0.833. The van der Waals surface area contributed by atoms with Gasteiger partial charge in [-0.25, -0.2) is 0 Å². The van der Waals surface area contributed by atoms with Crippen LogP contribution >= 0.6 is 0 Å². The topological polar surface area (TPSA) is 36.9 Å². The lowest BCUT2D eigenvalue weighted by molar-refractivity contribution is -0.179. The average molecular weight is 232 g/mol. The van der Waals surface area contributed by atoms with Gasteiger partial charge in [0.1, 0.15) is 0 Å². The maximum absolute atomic E-state index is 5.64. The van der Waals surface area contributed by atoms with Gasteiger partial charge in [-0.05, 0) is 20.3 Å². The van der Waals surface area contributed by atoms with Crippen LogP contribution in [0.25, 0.3) is 0 Å². The maximum Gasteiger partial charge on any atom is 0.180 e. The van der Waals surface area contributed by atoms with Gasteiger partial charge in [0.05, 0.1) is 19.3 Å². The summed E-state index contributed by atoms with van der Waals surface area (Å²) in [6.07, 6.45) is 2.31. The van der Waals surface area contributed by atoms with Crippen molar-refractivity contribution in [3.05, 3.63) is 12.7 Å². The van der Waals surface area contributed by atoms with Crippen molar-refractivity contribution in [2.75, 3.05) is 33.5 Å². The molecular formula is C12H24O4. The van der Waals surface area contributed by atoms with Gasteiger partial charge in [-0.1, -0.05) is 6.08 Å². The van der Waals surface area contributed by atoms with Crippen molar-refractivity contribution in [2.45, 2.75) is 32.7 Å². The van der Waals surface area contributed by atoms with Crippen LogP contribution in [-0.2, 0) is 18.9 Å². The summed E-state index contributed by atoms with van der Waals surface area (Å²) in [4.78, 5) is 0. The molecule has 0 bridgehead atoms. The van der Waals surface area contributed by atoms with Gasteiger partial charge in [0, 0.05) is 20.3 Å². The van der Waals surface area contributed by atoms with Crippen LogP contribution in [0.2, 0.25) is 0 Å². The summed E-state index contributed by atoms with van der Waals surface area (Å²) in [5.74, 6) is 0. The van der Waals surface area contributed by atoms with Crippen LogP contribution in [-0.4, -0.2) is 45.9 Å². The first-order valence-corrected chi connectivity index (χ1v) is 5.73. The smallest absolute Gasteiger partial charge is 0.180 e. The fourth-order valence-corrected chi connectivity index (χ4v) is 1.29. The summed E-state index contributed by atoms with van der Waals surface area (Å²) in [5.41, 5.74) is 0. The summed E-state index contributed by atoms with van der Waals surface area (Å²) in [7, 11) is 1.65. The molecule has 1 atom stereocenters. The predicted octanol–water partition coefficient (Wildman–Crippen LogP) is 1.99. The molecule has 16 heavy (non-hydrogen) atoms. The summed E-state index contributed by atoms with van der Waals surface area (Å²) in [5, 5.41) is 0. The standard InChI is InChI=1S/C12H24O4/c1-5-8-11(9-13-4)16-10-12(14-6-2)15-7-3/h5,11-12H,1,6-10H2,2-4H3/t11-/m1/s1. The summed E-state index contributed by atoms with van der Waals surface area (Å²) >= 11 is 0. The van der Waals surface area contributed by atoms with E-state index in [4.69, 9.17) is 18.9 Å². The normalized spacial score (nSPS) is 13.0. The molecule has 96 valence electrons. The van der Waals surface area contributed by atoms with Gasteiger partial charge in [0.2, 0.25) is 0 Å². The van der Waals surface area contributed by atoms with E-state index in [0.29, 0.717) is 26.4 Å². The number of hydrogen-bond donors (Lipinski definition) is 0. The third-order valence-corrected chi connectivity index (χ3v) is 1.96. The van der Waals surface area contributed by atoms with E-state index in [1.165, 1.54) is 0 Å². The van der Waals surface area contributed by atoms with E-state index >= 15 is 0 Å². The fourth-order valence-electron chi connectivity index (χ4n) is 1.29. The van der Waals surface area contributed by atoms with Crippen LogP contribution in [0.5, 0.6) is 0 Å². The summed E-state index contributed by atoms with van der Waals surface area (Å²) in [6, 6.07) is 0. The van der Waals surface area contributed by atoms with E-state index in [9.17, 15) is 0 Å². The first-order valence-electron chi connectivity index (χ1n) is 5.73. The van der Waals surface area contributed by atoms with E-state index in [2.05, 4.69) is 6.58 Å². The van der Waals surface area contributed by atoms with Crippen LogP contribution in [0.4, 0.5) is 0 Å². The SMILES string of the molecule is C=CC[C@H](COC)OCC(OCC)OCC. The molecule has 0 fully saturated rings. The van der Waals surface area contributed by atoms with Gasteiger partial charge in [0.15, 0.2) is 6.29 Å². The van der Waals surface area contributed by atoms with E-state index < -0.39 is 0 Å². The van der Waals surface area contributed by atoms with Crippen molar-refractivity contribution in [1.82, 2.24) is 0 Å². The molecule has 0 aliphatic rings. The largest absolute Gasteiger partial charge is 0.382 e. The molecule has 0 N–H and O–H groups in total. The number of ether oxygens (including phenoxy) is 4. The van der Waals surface area contributed by atoms with Crippen LogP contribution < -0.4 is 0 Å². The van der Waals surface area contributed by atoms with Crippen molar-refractivity contribution in [3.63, 3.8) is 0 Å². The van der Waals surface area contributed by atoms with Gasteiger partial charge in [0.25, 0.3) is 0 Å². The Balaban J connectivity index is 3.87. The zero-order chi connectivity index (χ0) is 12.2. The second-order valence-corrected chi connectivity index (χ2v) is 3.28. The van der Waals surface area contributed by atoms with Gasteiger partial charge in [-0.3, -0.25) is 0 Å². The van der Waals surface area contributed by atoms with Crippen molar-refractivity contribution in [2.24, 2.45) is 0 Å². The molecule has 0 saturated heterocycles. The molecule has 0 unspecified atom stereocenters. The molecule has 0 saturated carbocycles. The Morgan fingerprint density at radius 2 is 1.69 bits per heavy atom. The van der Waals surface area contributed by atoms with Crippen LogP contribution in [0.1, 0.15) is 20.3 Å². The molecule has 4 heteroatoms. The Kier molecular flexibility index (Phi) is 10.8. The van der Waals surface area contributed by atoms with Gasteiger partial charge >= 0.3 is 0 Å². The highest BCUT2D eigenvalue weighted by Crippen LogP contribution is 2.04. The zero-order valence-electron chi connectivity index (χ0n) is 10.6. The quantitative estimate of drug-likeness (QED) is 0.403.